The van der Waals surface area contributed by atoms with Crippen molar-refractivity contribution in [1.29, 1.82) is 0 Å². The minimum Gasteiger partial charge on any atom is -0.494 e. The Morgan fingerprint density at radius 3 is 2.67 bits per heavy atom. The van der Waals surface area contributed by atoms with Crippen LogP contribution in [-0.4, -0.2) is 24.2 Å². The highest BCUT2D eigenvalue weighted by Gasteiger charge is 2.34. The first-order valence-corrected chi connectivity index (χ1v) is 11.7. The van der Waals surface area contributed by atoms with Gasteiger partial charge in [0.05, 0.1) is 12.4 Å². The number of nitrogens with one attached hydrogen (secondary N) is 1. The normalized spacial score (nSPS) is 16.0. The summed E-state index contributed by atoms with van der Waals surface area (Å²) in [5, 5.41) is 2.89. The van der Waals surface area contributed by atoms with Gasteiger partial charge in [-0.05, 0) is 55.3 Å². The number of benzene rings is 2. The molecule has 30 heavy (non-hydrogen) atoms. The summed E-state index contributed by atoms with van der Waals surface area (Å²) in [7, 11) is 0. The van der Waals surface area contributed by atoms with E-state index in [0.717, 1.165) is 48.4 Å². The maximum absolute atomic E-state index is 12.6. The summed E-state index contributed by atoms with van der Waals surface area (Å²) in [6.45, 7) is 4.72. The van der Waals surface area contributed by atoms with Gasteiger partial charge in [-0.1, -0.05) is 38.3 Å². The van der Waals surface area contributed by atoms with Crippen LogP contribution in [0.5, 0.6) is 5.75 Å². The van der Waals surface area contributed by atoms with Gasteiger partial charge in [-0.25, -0.2) is 0 Å². The third-order valence-corrected chi connectivity index (χ3v) is 6.22. The van der Waals surface area contributed by atoms with Gasteiger partial charge < -0.3 is 10.1 Å². The van der Waals surface area contributed by atoms with Crippen molar-refractivity contribution in [1.82, 2.24) is 0 Å². The zero-order valence-corrected chi connectivity index (χ0v) is 18.5. The summed E-state index contributed by atoms with van der Waals surface area (Å²) in [5.41, 5.74) is 2.63. The van der Waals surface area contributed by atoms with Crippen LogP contribution < -0.4 is 15.0 Å². The lowest BCUT2D eigenvalue weighted by atomic mass is 10.1. The topological polar surface area (TPSA) is 58.6 Å². The summed E-state index contributed by atoms with van der Waals surface area (Å²) < 4.78 is 5.51. The van der Waals surface area contributed by atoms with E-state index in [2.05, 4.69) is 12.2 Å². The van der Waals surface area contributed by atoms with Crippen LogP contribution in [0.4, 0.5) is 11.4 Å². The largest absolute Gasteiger partial charge is 0.494 e. The second-order valence-corrected chi connectivity index (χ2v) is 8.41. The van der Waals surface area contributed by atoms with Crippen molar-refractivity contribution in [3.8, 4) is 5.75 Å². The van der Waals surface area contributed by atoms with Crippen LogP contribution in [0.2, 0.25) is 0 Å². The number of ether oxygens (including phenoxy) is 1. The van der Waals surface area contributed by atoms with Gasteiger partial charge in [0, 0.05) is 17.8 Å². The zero-order chi connectivity index (χ0) is 21.3. The summed E-state index contributed by atoms with van der Waals surface area (Å²) in [5.74, 6) is 1.35. The van der Waals surface area contributed by atoms with Gasteiger partial charge in [-0.3, -0.25) is 14.5 Å². The van der Waals surface area contributed by atoms with E-state index in [1.807, 2.05) is 60.4 Å². The van der Waals surface area contributed by atoms with Crippen LogP contribution in [0.1, 0.15) is 56.9 Å². The Kier molecular flexibility index (Phi) is 8.20. The van der Waals surface area contributed by atoms with Gasteiger partial charge >= 0.3 is 0 Å². The van der Waals surface area contributed by atoms with Gasteiger partial charge in [0.15, 0.2) is 0 Å². The number of hydrogen-bond acceptors (Lipinski definition) is 4. The Balaban J connectivity index is 1.70. The third kappa shape index (κ3) is 5.79. The fourth-order valence-corrected chi connectivity index (χ4v) is 4.69. The fourth-order valence-electron chi connectivity index (χ4n) is 3.53. The van der Waals surface area contributed by atoms with Crippen molar-refractivity contribution in [3.63, 3.8) is 0 Å². The van der Waals surface area contributed by atoms with E-state index in [9.17, 15) is 9.59 Å². The Morgan fingerprint density at radius 1 is 1.13 bits per heavy atom. The van der Waals surface area contributed by atoms with E-state index < -0.39 is 0 Å². The molecule has 1 N–H and O–H groups in total. The molecule has 3 rings (SSSR count). The first-order chi connectivity index (χ1) is 14.6. The summed E-state index contributed by atoms with van der Waals surface area (Å²) in [6.07, 6.45) is 4.86. The van der Waals surface area contributed by atoms with E-state index in [1.165, 1.54) is 0 Å². The van der Waals surface area contributed by atoms with Crippen molar-refractivity contribution in [2.45, 2.75) is 51.3 Å². The van der Waals surface area contributed by atoms with E-state index in [-0.39, 0.29) is 17.2 Å². The fraction of sp³-hybridized carbons (Fsp3) is 0.417. The number of anilines is 2. The molecular weight excluding hydrogens is 396 g/mol. The molecule has 2 amide bonds. The van der Waals surface area contributed by atoms with E-state index in [1.54, 1.807) is 11.8 Å². The van der Waals surface area contributed by atoms with E-state index in [4.69, 9.17) is 4.74 Å². The van der Waals surface area contributed by atoms with Crippen LogP contribution in [-0.2, 0) is 9.59 Å². The lowest BCUT2D eigenvalue weighted by Gasteiger charge is -2.25. The molecule has 2 aromatic rings. The molecule has 5 nitrogen and oxygen atoms in total. The Morgan fingerprint density at radius 2 is 1.93 bits per heavy atom. The average molecular weight is 427 g/mol. The van der Waals surface area contributed by atoms with Gasteiger partial charge in [0.25, 0.3) is 0 Å². The lowest BCUT2D eigenvalue weighted by Crippen LogP contribution is -2.27. The number of unbranched alkanes of at least 4 members (excludes halogenated alkanes) is 3. The molecule has 6 heteroatoms. The predicted octanol–water partition coefficient (Wildman–Crippen LogP) is 5.77. The molecule has 1 atom stereocenters. The smallest absolute Gasteiger partial charge is 0.238 e. The lowest BCUT2D eigenvalue weighted by molar-refractivity contribution is -0.117. The number of nitrogens with zero attached hydrogens (tertiary/aromatic N) is 1. The molecule has 1 heterocycles. The number of carbonyl (C=O) groups is 2. The number of rotatable bonds is 10. The summed E-state index contributed by atoms with van der Waals surface area (Å²) in [6, 6.07) is 15.4. The number of hydrogen-bond donors (Lipinski definition) is 1. The van der Waals surface area contributed by atoms with Gasteiger partial charge in [-0.15, -0.1) is 11.8 Å². The molecule has 0 aromatic heterocycles. The molecule has 1 fully saturated rings. The first kappa shape index (κ1) is 22.2. The molecule has 1 unspecified atom stereocenters. The third-order valence-electron chi connectivity index (χ3n) is 5.01. The van der Waals surface area contributed by atoms with Crippen LogP contribution >= 0.6 is 11.8 Å². The Bertz CT molecular complexity index is 854. The molecule has 2 aromatic carbocycles. The standard InChI is InChI=1S/C24H30N2O3S/c1-3-5-6-7-11-22(27)25-19-10-8-9-18(16-19)24-26(23(28)17-30-24)20-12-14-21(15-13-20)29-4-2/h8-10,12-16,24H,3-7,11,17H2,1-2H3,(H,25,27). The van der Waals surface area contributed by atoms with Gasteiger partial charge in [0.1, 0.15) is 11.1 Å². The maximum atomic E-state index is 12.6. The second-order valence-electron chi connectivity index (χ2n) is 7.34. The van der Waals surface area contributed by atoms with Crippen molar-refractivity contribution in [2.75, 3.05) is 22.6 Å². The Hall–Kier alpha value is -2.47. The van der Waals surface area contributed by atoms with Crippen LogP contribution in [0.3, 0.4) is 0 Å². The molecule has 0 saturated carbocycles. The van der Waals surface area contributed by atoms with Crippen LogP contribution in [0.15, 0.2) is 48.5 Å². The predicted molar refractivity (Wildman–Crippen MR) is 124 cm³/mol. The molecule has 1 aliphatic heterocycles. The van der Waals surface area contributed by atoms with Crippen molar-refractivity contribution in [3.05, 3.63) is 54.1 Å². The molecule has 0 radical (unpaired) electrons. The molecule has 0 bridgehead atoms. The molecule has 0 spiro atoms. The molecular formula is C24H30N2O3S. The second kappa shape index (κ2) is 11.1. The highest BCUT2D eigenvalue weighted by molar-refractivity contribution is 8.00. The zero-order valence-electron chi connectivity index (χ0n) is 17.7. The van der Waals surface area contributed by atoms with Crippen molar-refractivity contribution in [2.24, 2.45) is 0 Å². The quantitative estimate of drug-likeness (QED) is 0.490. The molecule has 0 aliphatic carbocycles. The van der Waals surface area contributed by atoms with Crippen molar-refractivity contribution >= 4 is 35.0 Å². The van der Waals surface area contributed by atoms with Gasteiger partial charge in [-0.2, -0.15) is 0 Å². The van der Waals surface area contributed by atoms with E-state index in [0.29, 0.717) is 18.8 Å². The highest BCUT2D eigenvalue weighted by atomic mass is 32.2. The Labute approximate surface area is 183 Å². The monoisotopic (exact) mass is 426 g/mol. The van der Waals surface area contributed by atoms with Crippen LogP contribution in [0.25, 0.3) is 0 Å². The minimum atomic E-state index is -0.114. The van der Waals surface area contributed by atoms with Crippen LogP contribution in [0, 0.1) is 0 Å². The maximum Gasteiger partial charge on any atom is 0.238 e. The summed E-state index contributed by atoms with van der Waals surface area (Å²) in [4.78, 5) is 26.7. The average Bonchev–Trinajstić information content (AvgIpc) is 3.14. The summed E-state index contributed by atoms with van der Waals surface area (Å²) >= 11 is 1.60. The minimum absolute atomic E-state index is 0.0433. The number of carbonyl (C=O) groups excluding carboxylic acids is 2. The van der Waals surface area contributed by atoms with Crippen molar-refractivity contribution < 1.29 is 14.3 Å². The van der Waals surface area contributed by atoms with E-state index >= 15 is 0 Å². The first-order valence-electron chi connectivity index (χ1n) is 10.7. The SMILES string of the molecule is CCCCCCC(=O)Nc1cccc(C2SCC(=O)N2c2ccc(OCC)cc2)c1. The highest BCUT2D eigenvalue weighted by Crippen LogP contribution is 2.42. The number of thioether (sulfide) groups is 1. The number of amides is 2. The molecule has 1 aliphatic rings. The molecule has 1 saturated heterocycles. The molecule has 160 valence electrons. The van der Waals surface area contributed by atoms with Gasteiger partial charge in [0.2, 0.25) is 11.8 Å².